The summed E-state index contributed by atoms with van der Waals surface area (Å²) in [4.78, 5) is 4.86. The molecule has 0 fully saturated rings. The molecule has 0 aromatic carbocycles. The van der Waals surface area contributed by atoms with Gasteiger partial charge in [0.15, 0.2) is 0 Å². The monoisotopic (exact) mass is 259 g/mol. The van der Waals surface area contributed by atoms with Gasteiger partial charge in [0, 0.05) is 30.3 Å². The fourth-order valence-electron chi connectivity index (χ4n) is 1.28. The maximum atomic E-state index is 4.25. The predicted octanol–water partition coefficient (Wildman–Crippen LogP) is 2.88. The summed E-state index contributed by atoms with van der Waals surface area (Å²) in [6.07, 6.45) is 6.13. The number of hydrogen-bond acceptors (Lipinski definition) is 2. The minimum absolute atomic E-state index is 0.611. The number of anilines is 1. The molecule has 0 saturated heterocycles. The van der Waals surface area contributed by atoms with Gasteiger partial charge in [-0.05, 0) is 19.8 Å². The summed E-state index contributed by atoms with van der Waals surface area (Å²) in [7, 11) is 0. The van der Waals surface area contributed by atoms with E-state index in [1.807, 2.05) is 12.4 Å². The fourth-order valence-corrected chi connectivity index (χ4v) is 1.51. The molecule has 1 unspecified atom stereocenters. The van der Waals surface area contributed by atoms with Gasteiger partial charge in [-0.3, -0.25) is 0 Å². The molecule has 1 aromatic rings. The van der Waals surface area contributed by atoms with Crippen molar-refractivity contribution in [3.05, 3.63) is 12.4 Å². The quantitative estimate of drug-likeness (QED) is 0.797. The van der Waals surface area contributed by atoms with Crippen LogP contribution in [0.3, 0.4) is 0 Å². The molecule has 0 aliphatic rings. The van der Waals surface area contributed by atoms with Gasteiger partial charge in [-0.15, -0.1) is 0 Å². The summed E-state index contributed by atoms with van der Waals surface area (Å²) < 4.78 is 2.11. The van der Waals surface area contributed by atoms with E-state index in [9.17, 15) is 0 Å². The van der Waals surface area contributed by atoms with Gasteiger partial charge in [-0.1, -0.05) is 22.9 Å². The largest absolute Gasteiger partial charge is 0.356 e. The molecule has 0 bridgehead atoms. The summed E-state index contributed by atoms with van der Waals surface area (Å²) in [5.41, 5.74) is 0. The van der Waals surface area contributed by atoms with Crippen LogP contribution >= 0.6 is 15.9 Å². The first-order chi connectivity index (χ1) is 6.77. The van der Waals surface area contributed by atoms with Crippen LogP contribution in [0.15, 0.2) is 12.4 Å². The molecule has 1 heterocycles. The van der Waals surface area contributed by atoms with Gasteiger partial charge in [0.05, 0.1) is 0 Å². The van der Waals surface area contributed by atoms with E-state index in [0.29, 0.717) is 4.83 Å². The van der Waals surface area contributed by atoms with E-state index in [0.717, 1.165) is 25.5 Å². The zero-order valence-electron chi connectivity index (χ0n) is 8.83. The van der Waals surface area contributed by atoms with Crippen LogP contribution in [-0.2, 0) is 6.54 Å². The Kier molecular flexibility index (Phi) is 5.01. The number of nitrogens with zero attached hydrogens (tertiary/aromatic N) is 2. The van der Waals surface area contributed by atoms with Gasteiger partial charge in [0.1, 0.15) is 0 Å². The number of aromatic nitrogens is 2. The zero-order chi connectivity index (χ0) is 10.4. The Labute approximate surface area is 94.0 Å². The SMILES string of the molecule is CCC(Br)CCNc1nccn1CC. The number of halogens is 1. The average molecular weight is 260 g/mol. The molecule has 80 valence electrons. The van der Waals surface area contributed by atoms with Crippen molar-refractivity contribution in [2.75, 3.05) is 11.9 Å². The summed E-state index contributed by atoms with van der Waals surface area (Å²) in [5.74, 6) is 0.975. The van der Waals surface area contributed by atoms with Crippen molar-refractivity contribution in [2.24, 2.45) is 0 Å². The van der Waals surface area contributed by atoms with Gasteiger partial charge in [0.25, 0.3) is 0 Å². The number of alkyl halides is 1. The van der Waals surface area contributed by atoms with Crippen LogP contribution in [0.25, 0.3) is 0 Å². The molecule has 0 aliphatic heterocycles. The predicted molar refractivity (Wildman–Crippen MR) is 64.0 cm³/mol. The Bertz CT molecular complexity index is 260. The Morgan fingerprint density at radius 1 is 1.57 bits per heavy atom. The van der Waals surface area contributed by atoms with Gasteiger partial charge < -0.3 is 9.88 Å². The lowest BCUT2D eigenvalue weighted by Gasteiger charge is -2.09. The molecule has 14 heavy (non-hydrogen) atoms. The molecular weight excluding hydrogens is 242 g/mol. The topological polar surface area (TPSA) is 29.9 Å². The third-order valence-corrected chi connectivity index (χ3v) is 3.35. The number of imidazole rings is 1. The first kappa shape index (κ1) is 11.6. The van der Waals surface area contributed by atoms with E-state index in [1.165, 1.54) is 6.42 Å². The lowest BCUT2D eigenvalue weighted by atomic mass is 10.2. The Balaban J connectivity index is 2.31. The molecule has 0 spiro atoms. The standard InChI is InChI=1S/C10H18BrN3/c1-3-9(11)5-6-12-10-13-7-8-14(10)4-2/h7-9H,3-6H2,1-2H3,(H,12,13). The first-order valence-electron chi connectivity index (χ1n) is 5.17. The van der Waals surface area contributed by atoms with Crippen molar-refractivity contribution in [1.29, 1.82) is 0 Å². The van der Waals surface area contributed by atoms with Crippen molar-refractivity contribution in [2.45, 2.75) is 38.1 Å². The van der Waals surface area contributed by atoms with Crippen LogP contribution in [0.1, 0.15) is 26.7 Å². The second-order valence-corrected chi connectivity index (χ2v) is 4.55. The molecule has 0 aliphatic carbocycles. The lowest BCUT2D eigenvalue weighted by molar-refractivity contribution is 0.738. The highest BCUT2D eigenvalue weighted by Gasteiger charge is 2.02. The fraction of sp³-hybridized carbons (Fsp3) is 0.700. The van der Waals surface area contributed by atoms with Crippen molar-refractivity contribution in [1.82, 2.24) is 9.55 Å². The minimum Gasteiger partial charge on any atom is -0.356 e. The molecule has 1 rings (SSSR count). The summed E-state index contributed by atoms with van der Waals surface area (Å²) >= 11 is 3.61. The summed E-state index contributed by atoms with van der Waals surface area (Å²) in [5, 5.41) is 3.33. The second-order valence-electron chi connectivity index (χ2n) is 3.26. The van der Waals surface area contributed by atoms with E-state index in [-0.39, 0.29) is 0 Å². The average Bonchev–Trinajstić information content (AvgIpc) is 2.65. The molecule has 0 radical (unpaired) electrons. The third kappa shape index (κ3) is 3.33. The molecule has 1 N–H and O–H groups in total. The highest BCUT2D eigenvalue weighted by atomic mass is 79.9. The van der Waals surface area contributed by atoms with E-state index in [4.69, 9.17) is 0 Å². The summed E-state index contributed by atoms with van der Waals surface area (Å²) in [6, 6.07) is 0. The Hall–Kier alpha value is -0.510. The zero-order valence-corrected chi connectivity index (χ0v) is 10.4. The van der Waals surface area contributed by atoms with Gasteiger partial charge in [0.2, 0.25) is 5.95 Å². The van der Waals surface area contributed by atoms with Crippen LogP contribution in [0, 0.1) is 0 Å². The van der Waals surface area contributed by atoms with Crippen molar-refractivity contribution < 1.29 is 0 Å². The van der Waals surface area contributed by atoms with Crippen molar-refractivity contribution >= 4 is 21.9 Å². The third-order valence-electron chi connectivity index (χ3n) is 2.24. The number of hydrogen-bond donors (Lipinski definition) is 1. The van der Waals surface area contributed by atoms with E-state index in [2.05, 4.69) is 44.6 Å². The normalized spacial score (nSPS) is 12.8. The van der Waals surface area contributed by atoms with E-state index < -0.39 is 0 Å². The van der Waals surface area contributed by atoms with Crippen LogP contribution in [0.4, 0.5) is 5.95 Å². The van der Waals surface area contributed by atoms with Gasteiger partial charge >= 0.3 is 0 Å². The Morgan fingerprint density at radius 3 is 3.00 bits per heavy atom. The van der Waals surface area contributed by atoms with Gasteiger partial charge in [-0.2, -0.15) is 0 Å². The Morgan fingerprint density at radius 2 is 2.36 bits per heavy atom. The van der Waals surface area contributed by atoms with Crippen LogP contribution < -0.4 is 5.32 Å². The minimum atomic E-state index is 0.611. The maximum Gasteiger partial charge on any atom is 0.202 e. The molecular formula is C10H18BrN3. The van der Waals surface area contributed by atoms with Crippen molar-refractivity contribution in [3.63, 3.8) is 0 Å². The van der Waals surface area contributed by atoms with Crippen LogP contribution in [0.2, 0.25) is 0 Å². The molecule has 0 amide bonds. The molecule has 1 atom stereocenters. The highest BCUT2D eigenvalue weighted by molar-refractivity contribution is 9.09. The highest BCUT2D eigenvalue weighted by Crippen LogP contribution is 2.10. The first-order valence-corrected chi connectivity index (χ1v) is 6.08. The van der Waals surface area contributed by atoms with E-state index >= 15 is 0 Å². The summed E-state index contributed by atoms with van der Waals surface area (Å²) in [6.45, 7) is 6.24. The second kappa shape index (κ2) is 6.06. The maximum absolute atomic E-state index is 4.25. The number of rotatable bonds is 6. The lowest BCUT2D eigenvalue weighted by Crippen LogP contribution is -2.11. The van der Waals surface area contributed by atoms with Gasteiger partial charge in [-0.25, -0.2) is 4.98 Å². The molecule has 4 heteroatoms. The van der Waals surface area contributed by atoms with Crippen molar-refractivity contribution in [3.8, 4) is 0 Å². The number of nitrogens with one attached hydrogen (secondary N) is 1. The molecule has 3 nitrogen and oxygen atoms in total. The van der Waals surface area contributed by atoms with Crippen LogP contribution in [0.5, 0.6) is 0 Å². The smallest absolute Gasteiger partial charge is 0.202 e. The number of aryl methyl sites for hydroxylation is 1. The molecule has 1 aromatic heterocycles. The van der Waals surface area contributed by atoms with E-state index in [1.54, 1.807) is 0 Å². The van der Waals surface area contributed by atoms with Crippen LogP contribution in [-0.4, -0.2) is 20.9 Å². The molecule has 0 saturated carbocycles.